The number of nitro benzene ring substituents is 1. The van der Waals surface area contributed by atoms with E-state index in [0.717, 1.165) is 6.26 Å². The number of carbonyl (C=O) groups excluding carboxylic acids is 1. The van der Waals surface area contributed by atoms with Crippen LogP contribution >= 0.6 is 0 Å². The summed E-state index contributed by atoms with van der Waals surface area (Å²) < 4.78 is 33.4. The first-order valence-corrected chi connectivity index (χ1v) is 10.7. The van der Waals surface area contributed by atoms with Crippen LogP contribution in [0.1, 0.15) is 32.3 Å². The van der Waals surface area contributed by atoms with Gasteiger partial charge in [0.15, 0.2) is 0 Å². The zero-order valence-corrected chi connectivity index (χ0v) is 17.4. The number of carbonyl (C=O) groups is 1. The summed E-state index contributed by atoms with van der Waals surface area (Å²) in [4.78, 5) is 25.2. The molecule has 0 aliphatic carbocycles. The average Bonchev–Trinajstić information content (AvgIpc) is 2.96. The first-order valence-electron chi connectivity index (χ1n) is 8.92. The maximum atomic E-state index is 12.8. The van der Waals surface area contributed by atoms with E-state index in [4.69, 9.17) is 8.92 Å². The molecule has 0 saturated heterocycles. The summed E-state index contributed by atoms with van der Waals surface area (Å²) in [5.74, 6) is -0.488. The monoisotopic (exact) mass is 422 g/mol. The molecule has 2 aromatic carbocycles. The number of amides is 1. The lowest BCUT2D eigenvalue weighted by atomic mass is 9.94. The van der Waals surface area contributed by atoms with Crippen LogP contribution in [0.3, 0.4) is 0 Å². The van der Waals surface area contributed by atoms with E-state index >= 15 is 0 Å². The van der Waals surface area contributed by atoms with Crippen LogP contribution in [-0.4, -0.2) is 44.4 Å². The molecule has 0 radical (unpaired) electrons. The smallest absolute Gasteiger partial charge is 0.414 e. The van der Waals surface area contributed by atoms with Gasteiger partial charge in [-0.15, -0.1) is 0 Å². The van der Waals surface area contributed by atoms with Gasteiger partial charge >= 0.3 is 6.09 Å². The maximum absolute atomic E-state index is 12.8. The molecule has 3 rings (SSSR count). The topological polar surface area (TPSA) is 116 Å². The second-order valence-corrected chi connectivity index (χ2v) is 9.55. The van der Waals surface area contributed by atoms with Crippen molar-refractivity contribution in [2.24, 2.45) is 0 Å². The first-order chi connectivity index (χ1) is 13.4. The molecule has 1 heterocycles. The van der Waals surface area contributed by atoms with Crippen LogP contribution in [0.5, 0.6) is 0 Å². The van der Waals surface area contributed by atoms with Crippen molar-refractivity contribution in [2.75, 3.05) is 24.3 Å². The van der Waals surface area contributed by atoms with Gasteiger partial charge in [-0.1, -0.05) is 18.2 Å². The fraction of sp³-hybridized carbons (Fsp3) is 0.421. The molecule has 0 aromatic heterocycles. The van der Waals surface area contributed by atoms with Gasteiger partial charge in [0.2, 0.25) is 0 Å². The van der Waals surface area contributed by atoms with Gasteiger partial charge in [-0.05, 0) is 37.8 Å². The van der Waals surface area contributed by atoms with E-state index < -0.39 is 32.7 Å². The van der Waals surface area contributed by atoms with Gasteiger partial charge in [0.1, 0.15) is 5.60 Å². The lowest BCUT2D eigenvalue weighted by Crippen LogP contribution is -2.36. The normalized spacial score (nSPS) is 16.7. The van der Waals surface area contributed by atoms with Crippen molar-refractivity contribution in [1.29, 1.82) is 0 Å². The highest BCUT2D eigenvalue weighted by Crippen LogP contribution is 2.45. The van der Waals surface area contributed by atoms with Gasteiger partial charge in [0, 0.05) is 18.5 Å². The Morgan fingerprint density at radius 1 is 1.28 bits per heavy atom. The van der Waals surface area contributed by atoms with Crippen LogP contribution in [0.25, 0.3) is 10.8 Å². The average molecular weight is 422 g/mol. The predicted molar refractivity (Wildman–Crippen MR) is 108 cm³/mol. The van der Waals surface area contributed by atoms with E-state index in [1.54, 1.807) is 45.0 Å². The molecule has 0 N–H and O–H groups in total. The van der Waals surface area contributed by atoms with Crippen LogP contribution in [-0.2, 0) is 19.0 Å². The number of non-ortho nitro benzene ring substituents is 1. The molecule has 156 valence electrons. The zero-order valence-electron chi connectivity index (χ0n) is 16.5. The Hall–Kier alpha value is -2.72. The summed E-state index contributed by atoms with van der Waals surface area (Å²) in [5.41, 5.74) is 0.0477. The number of fused-ring (bicyclic) bond motifs is 3. The maximum Gasteiger partial charge on any atom is 0.414 e. The molecular formula is C19H22N2O7S. The summed E-state index contributed by atoms with van der Waals surface area (Å²) >= 11 is 0. The van der Waals surface area contributed by atoms with Crippen molar-refractivity contribution < 1.29 is 27.1 Å². The van der Waals surface area contributed by atoms with Crippen LogP contribution < -0.4 is 4.90 Å². The fourth-order valence-corrected chi connectivity index (χ4v) is 3.82. The molecule has 0 bridgehead atoms. The minimum Gasteiger partial charge on any atom is -0.443 e. The quantitative estimate of drug-likeness (QED) is 0.420. The highest BCUT2D eigenvalue weighted by Gasteiger charge is 2.38. The fourth-order valence-electron chi connectivity index (χ4n) is 3.41. The number of nitrogens with zero attached hydrogens (tertiary/aromatic N) is 2. The second-order valence-electron chi connectivity index (χ2n) is 7.91. The van der Waals surface area contributed by atoms with Crippen LogP contribution in [0, 0.1) is 10.1 Å². The number of hydrogen-bond acceptors (Lipinski definition) is 7. The van der Waals surface area contributed by atoms with Gasteiger partial charge < -0.3 is 4.74 Å². The Kier molecular flexibility index (Phi) is 5.26. The molecule has 9 nitrogen and oxygen atoms in total. The Bertz CT molecular complexity index is 1090. The zero-order chi connectivity index (χ0) is 21.6. The summed E-state index contributed by atoms with van der Waals surface area (Å²) in [7, 11) is -3.70. The van der Waals surface area contributed by atoms with E-state index in [0.29, 0.717) is 22.0 Å². The molecule has 2 aromatic rings. The van der Waals surface area contributed by atoms with Crippen molar-refractivity contribution in [3.05, 3.63) is 46.0 Å². The Labute approximate surface area is 168 Å². The van der Waals surface area contributed by atoms with Crippen LogP contribution in [0.4, 0.5) is 16.2 Å². The number of hydrogen-bond donors (Lipinski definition) is 0. The van der Waals surface area contributed by atoms with Crippen LogP contribution in [0.2, 0.25) is 0 Å². The third-order valence-electron chi connectivity index (χ3n) is 4.44. The van der Waals surface area contributed by atoms with Crippen molar-refractivity contribution in [3.8, 4) is 0 Å². The third-order valence-corrected chi connectivity index (χ3v) is 5.00. The van der Waals surface area contributed by atoms with E-state index in [-0.39, 0.29) is 18.8 Å². The Morgan fingerprint density at radius 3 is 2.45 bits per heavy atom. The van der Waals surface area contributed by atoms with Crippen LogP contribution in [0.15, 0.2) is 30.3 Å². The minimum absolute atomic E-state index is 0.0882. The highest BCUT2D eigenvalue weighted by molar-refractivity contribution is 7.85. The summed E-state index contributed by atoms with van der Waals surface area (Å²) in [5, 5.41) is 12.6. The van der Waals surface area contributed by atoms with Gasteiger partial charge in [0.05, 0.1) is 28.9 Å². The number of benzene rings is 2. The molecule has 1 amide bonds. The Balaban J connectivity index is 2.17. The molecule has 10 heteroatoms. The molecule has 0 fully saturated rings. The van der Waals surface area contributed by atoms with Gasteiger partial charge in [-0.2, -0.15) is 8.42 Å². The third kappa shape index (κ3) is 4.48. The van der Waals surface area contributed by atoms with Crippen molar-refractivity contribution in [3.63, 3.8) is 0 Å². The summed E-state index contributed by atoms with van der Waals surface area (Å²) in [6.07, 6.45) is 0.285. The lowest BCUT2D eigenvalue weighted by Gasteiger charge is -2.25. The number of rotatable bonds is 4. The van der Waals surface area contributed by atoms with E-state index in [1.165, 1.54) is 11.0 Å². The number of nitro groups is 1. The lowest BCUT2D eigenvalue weighted by molar-refractivity contribution is -0.383. The Morgan fingerprint density at radius 2 is 1.90 bits per heavy atom. The van der Waals surface area contributed by atoms with Crippen molar-refractivity contribution in [1.82, 2.24) is 0 Å². The predicted octanol–water partition coefficient (Wildman–Crippen LogP) is 3.56. The largest absolute Gasteiger partial charge is 0.443 e. The minimum atomic E-state index is -3.70. The summed E-state index contributed by atoms with van der Waals surface area (Å²) in [6, 6.07) is 8.09. The van der Waals surface area contributed by atoms with Gasteiger partial charge in [0.25, 0.3) is 15.8 Å². The molecule has 29 heavy (non-hydrogen) atoms. The number of ether oxygens (including phenoxy) is 1. The molecule has 0 saturated carbocycles. The van der Waals surface area contributed by atoms with Crippen molar-refractivity contribution >= 4 is 38.4 Å². The highest BCUT2D eigenvalue weighted by atomic mass is 32.2. The number of anilines is 1. The van der Waals surface area contributed by atoms with Gasteiger partial charge in [-0.3, -0.25) is 19.2 Å². The van der Waals surface area contributed by atoms with E-state index in [1.807, 2.05) is 0 Å². The van der Waals surface area contributed by atoms with E-state index in [2.05, 4.69) is 0 Å². The summed E-state index contributed by atoms with van der Waals surface area (Å²) in [6.45, 7) is 5.05. The molecule has 1 aliphatic heterocycles. The molecule has 0 spiro atoms. The first kappa shape index (κ1) is 21.0. The molecule has 0 unspecified atom stereocenters. The van der Waals surface area contributed by atoms with Gasteiger partial charge in [-0.25, -0.2) is 4.79 Å². The molecule has 1 aliphatic rings. The standard InChI is InChI=1S/C19H22N2O7S/c1-19(2,3)28-18(22)20-10-12(11-27-29(4,25)26)17-14-8-6-5-7-13(14)15(21(23)24)9-16(17)20/h5-9,12H,10-11H2,1-4H3/t12-/m1/s1. The second kappa shape index (κ2) is 7.27. The molecule has 1 atom stereocenters. The SMILES string of the molecule is CC(C)(C)OC(=O)N1C[C@H](COS(C)(=O)=O)c2c1cc([N+](=O)[O-])c1ccccc21. The van der Waals surface area contributed by atoms with E-state index in [9.17, 15) is 23.3 Å². The molecular weight excluding hydrogens is 400 g/mol. The van der Waals surface area contributed by atoms with Crippen molar-refractivity contribution in [2.45, 2.75) is 32.3 Å².